The molecule has 0 saturated carbocycles. The number of alkyl halides is 2. The second-order valence-corrected chi connectivity index (χ2v) is 7.12. The zero-order valence-electron chi connectivity index (χ0n) is 15.7. The van der Waals surface area contributed by atoms with E-state index >= 15 is 0 Å². The molecule has 0 aliphatic carbocycles. The highest BCUT2D eigenvalue weighted by Gasteiger charge is 2.46. The van der Waals surface area contributed by atoms with E-state index in [-0.39, 0.29) is 24.0 Å². The van der Waals surface area contributed by atoms with Gasteiger partial charge in [-0.3, -0.25) is 10.3 Å². The predicted molar refractivity (Wildman–Crippen MR) is 107 cm³/mol. The van der Waals surface area contributed by atoms with Crippen LogP contribution in [0.25, 0.3) is 11.0 Å². The van der Waals surface area contributed by atoms with E-state index in [0.29, 0.717) is 16.1 Å². The van der Waals surface area contributed by atoms with Gasteiger partial charge in [0.05, 0.1) is 11.6 Å². The molecule has 0 radical (unpaired) electrons. The fourth-order valence-electron chi connectivity index (χ4n) is 3.18. The summed E-state index contributed by atoms with van der Waals surface area (Å²) >= 11 is 5.97. The molecule has 3 heterocycles. The summed E-state index contributed by atoms with van der Waals surface area (Å²) in [4.78, 5) is 22.9. The van der Waals surface area contributed by atoms with Gasteiger partial charge < -0.3 is 20.2 Å². The van der Waals surface area contributed by atoms with Crippen molar-refractivity contribution in [2.45, 2.75) is 12.0 Å². The maximum absolute atomic E-state index is 14.5. The lowest BCUT2D eigenvalue weighted by Crippen LogP contribution is -2.45. The van der Waals surface area contributed by atoms with Crippen LogP contribution >= 0.6 is 11.6 Å². The quantitative estimate of drug-likeness (QED) is 0.555. The van der Waals surface area contributed by atoms with Crippen LogP contribution in [0.3, 0.4) is 0 Å². The number of nitrogens with two attached hydrogens (primary N) is 1. The van der Waals surface area contributed by atoms with Crippen LogP contribution in [0.4, 0.5) is 23.7 Å². The average molecular weight is 454 g/mol. The van der Waals surface area contributed by atoms with Crippen LogP contribution in [0.2, 0.25) is 5.02 Å². The summed E-state index contributed by atoms with van der Waals surface area (Å²) in [5.74, 6) is -1.17. The molecular formula is C19H15ClF3N5O3. The van der Waals surface area contributed by atoms with Gasteiger partial charge in [-0.15, -0.1) is 0 Å². The number of aromatic amines is 1. The Labute approximate surface area is 178 Å². The van der Waals surface area contributed by atoms with Crippen LogP contribution in [0, 0.1) is 5.82 Å². The molecule has 162 valence electrons. The van der Waals surface area contributed by atoms with Crippen LogP contribution in [0.5, 0.6) is 5.88 Å². The first-order valence-corrected chi connectivity index (χ1v) is 9.29. The molecule has 1 unspecified atom stereocenters. The number of pyridine rings is 1. The standard InChI is InChI=1S/C19H15ClF3N5O3/c20-12-6-25-16-10(12)2-4-15(27-16)31-18(29)26-9-1-3-13(21)11(5-9)19(17(22)23)8-30-7-14(24)28-19/h1-6,17H,7-8H2,(H2,24,28)(H,25,27)(H,26,29). The number of carbonyl (C=O) groups is 1. The van der Waals surface area contributed by atoms with Gasteiger partial charge in [0.25, 0.3) is 6.43 Å². The van der Waals surface area contributed by atoms with Crippen molar-refractivity contribution < 1.29 is 27.4 Å². The number of hydrogen-bond donors (Lipinski definition) is 3. The highest BCUT2D eigenvalue weighted by atomic mass is 35.5. The lowest BCUT2D eigenvalue weighted by Gasteiger charge is -2.33. The molecule has 3 aromatic rings. The topological polar surface area (TPSA) is 115 Å². The van der Waals surface area contributed by atoms with E-state index in [9.17, 15) is 18.0 Å². The molecule has 1 atom stereocenters. The molecule has 2 aromatic heterocycles. The number of carbonyl (C=O) groups excluding carboxylic acids is 1. The van der Waals surface area contributed by atoms with Crippen LogP contribution in [0.15, 0.2) is 41.5 Å². The Bertz CT molecular complexity index is 1190. The monoisotopic (exact) mass is 453 g/mol. The van der Waals surface area contributed by atoms with Gasteiger partial charge in [0, 0.05) is 28.9 Å². The highest BCUT2D eigenvalue weighted by molar-refractivity contribution is 6.35. The second-order valence-electron chi connectivity index (χ2n) is 6.71. The van der Waals surface area contributed by atoms with Gasteiger partial charge in [-0.1, -0.05) is 11.6 Å². The maximum Gasteiger partial charge on any atom is 0.418 e. The van der Waals surface area contributed by atoms with Gasteiger partial charge in [-0.25, -0.2) is 18.0 Å². The molecule has 31 heavy (non-hydrogen) atoms. The number of amides is 1. The number of nitrogens with zero attached hydrogens (tertiary/aromatic N) is 2. The van der Waals surface area contributed by atoms with Crippen molar-refractivity contribution in [3.63, 3.8) is 0 Å². The molecule has 1 aliphatic heterocycles. The lowest BCUT2D eigenvalue weighted by atomic mass is 9.90. The van der Waals surface area contributed by atoms with Crippen molar-refractivity contribution in [1.82, 2.24) is 9.97 Å². The first kappa shape index (κ1) is 20.9. The van der Waals surface area contributed by atoms with E-state index in [1.807, 2.05) is 0 Å². The van der Waals surface area contributed by atoms with Gasteiger partial charge in [0.1, 0.15) is 23.9 Å². The molecular weight excluding hydrogens is 439 g/mol. The van der Waals surface area contributed by atoms with Crippen LogP contribution in [-0.2, 0) is 10.3 Å². The number of H-pyrrole nitrogens is 1. The SMILES string of the molecule is NC1=NC(c2cc(NC(=O)Oc3ccc4c(Cl)c[nH]c4n3)ccc2F)(C(F)F)COC1. The Morgan fingerprint density at radius 1 is 1.35 bits per heavy atom. The zero-order chi connectivity index (χ0) is 22.2. The second kappa shape index (κ2) is 8.08. The Morgan fingerprint density at radius 3 is 2.90 bits per heavy atom. The normalized spacial score (nSPS) is 18.8. The van der Waals surface area contributed by atoms with E-state index in [1.165, 1.54) is 18.3 Å². The molecule has 0 spiro atoms. The van der Waals surface area contributed by atoms with E-state index in [1.54, 1.807) is 6.07 Å². The Hall–Kier alpha value is -3.31. The smallest absolute Gasteiger partial charge is 0.391 e. The van der Waals surface area contributed by atoms with E-state index < -0.39 is 36.0 Å². The lowest BCUT2D eigenvalue weighted by molar-refractivity contribution is -0.0145. The van der Waals surface area contributed by atoms with Crippen molar-refractivity contribution in [2.24, 2.45) is 10.7 Å². The number of fused-ring (bicyclic) bond motifs is 1. The molecule has 0 bridgehead atoms. The predicted octanol–water partition coefficient (Wildman–Crippen LogP) is 3.81. The number of rotatable bonds is 4. The van der Waals surface area contributed by atoms with E-state index in [2.05, 4.69) is 20.3 Å². The third-order valence-corrected chi connectivity index (χ3v) is 4.93. The van der Waals surface area contributed by atoms with Gasteiger partial charge in [0.15, 0.2) is 5.54 Å². The first-order valence-electron chi connectivity index (χ1n) is 8.91. The summed E-state index contributed by atoms with van der Waals surface area (Å²) in [5, 5.41) is 3.45. The number of ether oxygens (including phenoxy) is 2. The van der Waals surface area contributed by atoms with Gasteiger partial charge in [-0.05, 0) is 24.3 Å². The number of hydrogen-bond acceptors (Lipinski definition) is 6. The first-order chi connectivity index (χ1) is 14.8. The molecule has 4 rings (SSSR count). The van der Waals surface area contributed by atoms with Gasteiger partial charge in [0.2, 0.25) is 5.88 Å². The molecule has 1 aliphatic rings. The molecule has 1 amide bonds. The van der Waals surface area contributed by atoms with Crippen LogP contribution in [-0.4, -0.2) is 41.5 Å². The van der Waals surface area contributed by atoms with Crippen molar-refractivity contribution >= 4 is 40.3 Å². The number of benzene rings is 1. The third-order valence-electron chi connectivity index (χ3n) is 4.62. The summed E-state index contributed by atoms with van der Waals surface area (Å²) in [7, 11) is 0. The van der Waals surface area contributed by atoms with Gasteiger partial charge in [-0.2, -0.15) is 4.98 Å². The third kappa shape index (κ3) is 4.01. The molecule has 1 aromatic carbocycles. The molecule has 8 nitrogen and oxygen atoms in total. The minimum Gasteiger partial charge on any atom is -0.391 e. The average Bonchev–Trinajstić information content (AvgIpc) is 3.09. The number of amidine groups is 1. The van der Waals surface area contributed by atoms with Crippen molar-refractivity contribution in [3.8, 4) is 5.88 Å². The number of nitrogens with one attached hydrogen (secondary N) is 2. The zero-order valence-corrected chi connectivity index (χ0v) is 16.4. The fourth-order valence-corrected chi connectivity index (χ4v) is 3.39. The van der Waals surface area contributed by atoms with Crippen molar-refractivity contribution in [3.05, 3.63) is 52.9 Å². The van der Waals surface area contributed by atoms with Crippen LogP contribution < -0.4 is 15.8 Å². The summed E-state index contributed by atoms with van der Waals surface area (Å²) < 4.78 is 52.4. The molecule has 12 heteroatoms. The Kier molecular flexibility index (Phi) is 5.46. The number of anilines is 1. The van der Waals surface area contributed by atoms with Crippen molar-refractivity contribution in [2.75, 3.05) is 18.5 Å². The maximum atomic E-state index is 14.5. The summed E-state index contributed by atoms with van der Waals surface area (Å²) in [6.45, 7) is -0.706. The van der Waals surface area contributed by atoms with E-state index in [0.717, 1.165) is 12.1 Å². The molecule has 4 N–H and O–H groups in total. The molecule has 0 fully saturated rings. The number of halogens is 4. The highest BCUT2D eigenvalue weighted by Crippen LogP contribution is 2.38. The van der Waals surface area contributed by atoms with Gasteiger partial charge >= 0.3 is 6.09 Å². The number of aromatic nitrogens is 2. The fraction of sp³-hybridized carbons (Fsp3) is 0.211. The largest absolute Gasteiger partial charge is 0.418 e. The van der Waals surface area contributed by atoms with Crippen molar-refractivity contribution in [1.29, 1.82) is 0 Å². The Balaban J connectivity index is 1.57. The number of aliphatic imine (C=N–C) groups is 1. The van der Waals surface area contributed by atoms with E-state index in [4.69, 9.17) is 26.8 Å². The minimum absolute atomic E-state index is 0.00441. The summed E-state index contributed by atoms with van der Waals surface area (Å²) in [5.41, 5.74) is 3.16. The molecule has 0 saturated heterocycles. The van der Waals surface area contributed by atoms with Crippen LogP contribution in [0.1, 0.15) is 5.56 Å². The Morgan fingerprint density at radius 2 is 2.16 bits per heavy atom. The summed E-state index contributed by atoms with van der Waals surface area (Å²) in [6, 6.07) is 6.20. The summed E-state index contributed by atoms with van der Waals surface area (Å²) in [6.07, 6.45) is -2.53. The minimum atomic E-state index is -3.11.